The van der Waals surface area contributed by atoms with E-state index in [4.69, 9.17) is 19.4 Å². The molecule has 0 spiro atoms. The van der Waals surface area contributed by atoms with Crippen molar-refractivity contribution in [1.82, 2.24) is 19.9 Å². The van der Waals surface area contributed by atoms with Crippen LogP contribution in [0.3, 0.4) is 0 Å². The van der Waals surface area contributed by atoms with Gasteiger partial charge in [0.15, 0.2) is 0 Å². The lowest BCUT2D eigenvalue weighted by molar-refractivity contribution is 0.0637. The number of halogens is 2. The summed E-state index contributed by atoms with van der Waals surface area (Å²) in [5.74, 6) is 0. The van der Waals surface area contributed by atoms with E-state index in [9.17, 15) is 8.78 Å². The van der Waals surface area contributed by atoms with Gasteiger partial charge in [0, 0.05) is 46.4 Å². The highest BCUT2D eigenvalue weighted by Gasteiger charge is 2.19. The van der Waals surface area contributed by atoms with Gasteiger partial charge < -0.3 is 19.4 Å². The molecule has 0 aromatic carbocycles. The van der Waals surface area contributed by atoms with Crippen LogP contribution in [-0.4, -0.2) is 52.6 Å². The molecule has 234 valence electrons. The Labute approximate surface area is 258 Å². The second-order valence-electron chi connectivity index (χ2n) is 11.6. The van der Waals surface area contributed by atoms with Crippen LogP contribution in [0.1, 0.15) is 99.7 Å². The lowest BCUT2D eigenvalue weighted by Gasteiger charge is -2.14. The molecule has 44 heavy (non-hydrogen) atoms. The third kappa shape index (κ3) is 8.73. The van der Waals surface area contributed by atoms with Crippen LogP contribution < -0.4 is 0 Å². The number of nitrogens with zero attached hydrogens (tertiary/aromatic N) is 2. The summed E-state index contributed by atoms with van der Waals surface area (Å²) < 4.78 is 37.4. The first-order valence-electron chi connectivity index (χ1n) is 16.0. The first-order chi connectivity index (χ1) is 21.5. The molecule has 0 saturated heterocycles. The van der Waals surface area contributed by atoms with Crippen LogP contribution >= 0.6 is 0 Å². The zero-order valence-electron chi connectivity index (χ0n) is 25.9. The first kappa shape index (κ1) is 31.8. The summed E-state index contributed by atoms with van der Waals surface area (Å²) in [6, 6.07) is 14.4. The summed E-state index contributed by atoms with van der Waals surface area (Å²) in [5.41, 5.74) is 9.28. The Morgan fingerprint density at radius 3 is 1.93 bits per heavy atom. The van der Waals surface area contributed by atoms with Gasteiger partial charge in [-0.3, -0.25) is 8.78 Å². The van der Waals surface area contributed by atoms with Gasteiger partial charge in [0.2, 0.25) is 0 Å². The Kier molecular flexibility index (Phi) is 11.5. The molecule has 0 fully saturated rings. The fourth-order valence-electron chi connectivity index (χ4n) is 5.59. The summed E-state index contributed by atoms with van der Waals surface area (Å²) in [6.07, 6.45) is 12.6. The number of unbranched alkanes of at least 4 members (excludes halogenated alkanes) is 6. The maximum atomic E-state index is 12.4. The minimum Gasteiger partial charge on any atom is -0.374 e. The normalized spacial score (nSPS) is 14.1. The number of aromatic amines is 2. The van der Waals surface area contributed by atoms with Gasteiger partial charge in [-0.15, -0.1) is 0 Å². The predicted molar refractivity (Wildman–Crippen MR) is 176 cm³/mol. The maximum Gasteiger partial charge on any atom is 0.0894 e. The van der Waals surface area contributed by atoms with Crippen LogP contribution in [-0.2, 0) is 9.47 Å². The van der Waals surface area contributed by atoms with Crippen LogP contribution in [0.4, 0.5) is 8.78 Å². The average Bonchev–Trinajstić information content (AvgIpc) is 3.81. The molecule has 5 heterocycles. The van der Waals surface area contributed by atoms with Crippen molar-refractivity contribution in [3.63, 3.8) is 0 Å². The van der Waals surface area contributed by atoms with Crippen LogP contribution in [0.25, 0.3) is 45.9 Å². The lowest BCUT2D eigenvalue weighted by Crippen LogP contribution is -2.11. The molecule has 5 rings (SSSR count). The third-order valence-corrected chi connectivity index (χ3v) is 8.02. The Balaban J connectivity index is 1.50. The fraction of sp³-hybridized carbons (Fsp3) is 0.444. The van der Waals surface area contributed by atoms with Gasteiger partial charge in [0.1, 0.15) is 0 Å². The van der Waals surface area contributed by atoms with E-state index < -0.39 is 0 Å². The second-order valence-corrected chi connectivity index (χ2v) is 11.6. The number of fused-ring (bicyclic) bond motifs is 8. The van der Waals surface area contributed by atoms with E-state index in [0.717, 1.165) is 94.5 Å². The van der Waals surface area contributed by atoms with E-state index in [1.54, 1.807) is 0 Å². The second kappa shape index (κ2) is 15.9. The molecule has 0 amide bonds. The van der Waals surface area contributed by atoms with Gasteiger partial charge in [-0.05, 0) is 100 Å². The van der Waals surface area contributed by atoms with Gasteiger partial charge in [-0.25, -0.2) is 9.97 Å². The minimum absolute atomic E-state index is 0.142. The quantitative estimate of drug-likeness (QED) is 0.125. The largest absolute Gasteiger partial charge is 0.374 e. The van der Waals surface area contributed by atoms with Gasteiger partial charge >= 0.3 is 0 Å². The molecule has 2 aliphatic rings. The van der Waals surface area contributed by atoms with Crippen molar-refractivity contribution in [1.29, 1.82) is 0 Å². The summed E-state index contributed by atoms with van der Waals surface area (Å²) in [4.78, 5) is 16.9. The van der Waals surface area contributed by atoms with Crippen molar-refractivity contribution in [2.75, 3.05) is 26.6 Å². The Morgan fingerprint density at radius 2 is 1.25 bits per heavy atom. The molecule has 3 aromatic heterocycles. The van der Waals surface area contributed by atoms with Crippen LogP contribution in [0.15, 0.2) is 42.5 Å². The number of ether oxygens (including phenoxy) is 2. The van der Waals surface area contributed by atoms with Crippen LogP contribution in [0, 0.1) is 0 Å². The maximum absolute atomic E-state index is 12.4. The van der Waals surface area contributed by atoms with Gasteiger partial charge in [0.25, 0.3) is 0 Å². The molecule has 2 aliphatic heterocycles. The SMILES string of the molecule is CC(OCCCCCCF)C1=Cc2cc3[nH]c(cc4nc(cc5ccc(cc1n2)[nH]5)C=C4)cc3C(C)OCCCCCCF. The summed E-state index contributed by atoms with van der Waals surface area (Å²) in [5, 5.41) is 0. The van der Waals surface area contributed by atoms with E-state index in [2.05, 4.69) is 48.1 Å². The van der Waals surface area contributed by atoms with Crippen molar-refractivity contribution in [2.24, 2.45) is 0 Å². The number of alkyl halides is 2. The van der Waals surface area contributed by atoms with Crippen molar-refractivity contribution in [3.05, 3.63) is 70.8 Å². The Hall–Kier alpha value is -3.62. The van der Waals surface area contributed by atoms with Gasteiger partial charge in [0.05, 0.1) is 48.3 Å². The van der Waals surface area contributed by atoms with Crippen molar-refractivity contribution in [2.45, 2.75) is 77.4 Å². The average molecular weight is 603 g/mol. The molecule has 2 unspecified atom stereocenters. The number of aromatic nitrogens is 4. The number of nitrogens with one attached hydrogen (secondary N) is 2. The highest BCUT2D eigenvalue weighted by molar-refractivity contribution is 5.87. The van der Waals surface area contributed by atoms with E-state index in [-0.39, 0.29) is 25.6 Å². The van der Waals surface area contributed by atoms with Crippen molar-refractivity contribution in [3.8, 4) is 0 Å². The zero-order chi connectivity index (χ0) is 30.7. The van der Waals surface area contributed by atoms with E-state index in [1.807, 2.05) is 36.4 Å². The van der Waals surface area contributed by atoms with E-state index in [0.29, 0.717) is 26.1 Å². The summed E-state index contributed by atoms with van der Waals surface area (Å²) >= 11 is 0. The van der Waals surface area contributed by atoms with Crippen molar-refractivity contribution >= 4 is 45.9 Å². The van der Waals surface area contributed by atoms with Crippen molar-refractivity contribution < 1.29 is 18.3 Å². The minimum atomic E-state index is -0.258. The van der Waals surface area contributed by atoms with Crippen LogP contribution in [0.5, 0.6) is 0 Å². The van der Waals surface area contributed by atoms with E-state index >= 15 is 0 Å². The standard InChI is InChI=1S/C36H44F2N4O2/c1-25(43-17-9-5-3-7-15-37)33-21-31-20-29-12-11-27(39-29)19-28-13-14-30(40-28)23-35-34(22-32(42-35)24-36(33)41-31)26(2)44-18-10-6-4-8-16-38/h11-14,19-26,40-41H,3-10,15-18H2,1-2H3. The predicted octanol–water partition coefficient (Wildman–Crippen LogP) is 9.57. The topological polar surface area (TPSA) is 75.8 Å². The molecule has 0 radical (unpaired) electrons. The molecule has 6 nitrogen and oxygen atoms in total. The highest BCUT2D eigenvalue weighted by Crippen LogP contribution is 2.30. The third-order valence-electron chi connectivity index (χ3n) is 8.02. The van der Waals surface area contributed by atoms with Gasteiger partial charge in [-0.1, -0.05) is 25.7 Å². The highest BCUT2D eigenvalue weighted by atomic mass is 19.1. The molecule has 0 saturated carbocycles. The first-order valence-corrected chi connectivity index (χ1v) is 16.0. The molecule has 0 aliphatic carbocycles. The Morgan fingerprint density at radius 1 is 0.636 bits per heavy atom. The molecule has 2 N–H and O–H groups in total. The Bertz CT molecular complexity index is 1610. The van der Waals surface area contributed by atoms with E-state index in [1.165, 1.54) is 0 Å². The molecular formula is C36H44F2N4O2. The fourth-order valence-corrected chi connectivity index (χ4v) is 5.59. The number of H-pyrrole nitrogens is 2. The number of rotatable bonds is 16. The zero-order valence-corrected chi connectivity index (χ0v) is 25.9. The summed E-state index contributed by atoms with van der Waals surface area (Å²) in [7, 11) is 0. The number of hydrogen-bond donors (Lipinski definition) is 2. The van der Waals surface area contributed by atoms with Crippen LogP contribution in [0.2, 0.25) is 0 Å². The number of hydrogen-bond acceptors (Lipinski definition) is 4. The molecule has 8 bridgehead atoms. The molecule has 3 aromatic rings. The van der Waals surface area contributed by atoms with Gasteiger partial charge in [-0.2, -0.15) is 0 Å². The monoisotopic (exact) mass is 602 g/mol. The molecular weight excluding hydrogens is 558 g/mol. The molecule has 8 heteroatoms. The molecule has 2 atom stereocenters. The summed E-state index contributed by atoms with van der Waals surface area (Å²) in [6.45, 7) is 4.86. The smallest absolute Gasteiger partial charge is 0.0894 e. The lowest BCUT2D eigenvalue weighted by atomic mass is 10.1.